The topological polar surface area (TPSA) is 96.0 Å². The highest BCUT2D eigenvalue weighted by molar-refractivity contribution is 5.99. The number of hydrogen-bond donors (Lipinski definition) is 0. The van der Waals surface area contributed by atoms with E-state index in [1.165, 1.54) is 30.3 Å². The highest BCUT2D eigenvalue weighted by Crippen LogP contribution is 2.37. The summed E-state index contributed by atoms with van der Waals surface area (Å²) in [5.41, 5.74) is -0.956. The van der Waals surface area contributed by atoms with Crippen LogP contribution in [0, 0.1) is 10.1 Å². The third-order valence-corrected chi connectivity index (χ3v) is 6.92. The molecule has 0 N–H and O–H groups in total. The summed E-state index contributed by atoms with van der Waals surface area (Å²) >= 11 is 0. The number of amides is 1. The summed E-state index contributed by atoms with van der Waals surface area (Å²) in [5.74, 6) is -0.641. The lowest BCUT2D eigenvalue weighted by molar-refractivity contribution is -0.384. The van der Waals surface area contributed by atoms with Crippen molar-refractivity contribution in [1.29, 1.82) is 0 Å². The van der Waals surface area contributed by atoms with Crippen LogP contribution in [-0.4, -0.2) is 82.9 Å². The van der Waals surface area contributed by atoms with Crippen LogP contribution >= 0.6 is 0 Å². The van der Waals surface area contributed by atoms with E-state index in [4.69, 9.17) is 4.42 Å². The molecular formula is C27H30F3N5O4. The van der Waals surface area contributed by atoms with Crippen LogP contribution in [0.1, 0.15) is 29.9 Å². The average molecular weight is 546 g/mol. The van der Waals surface area contributed by atoms with Gasteiger partial charge < -0.3 is 14.2 Å². The van der Waals surface area contributed by atoms with Crippen molar-refractivity contribution in [3.8, 4) is 22.8 Å². The molecule has 0 unspecified atom stereocenters. The number of nitrogens with zero attached hydrogens (tertiary/aromatic N) is 5. The predicted molar refractivity (Wildman–Crippen MR) is 139 cm³/mol. The molecule has 9 nitrogen and oxygen atoms in total. The zero-order valence-corrected chi connectivity index (χ0v) is 21.8. The van der Waals surface area contributed by atoms with E-state index in [0.717, 1.165) is 38.3 Å². The van der Waals surface area contributed by atoms with Gasteiger partial charge in [-0.1, -0.05) is 26.0 Å². The van der Waals surface area contributed by atoms with Gasteiger partial charge in [0.05, 0.1) is 16.1 Å². The van der Waals surface area contributed by atoms with Gasteiger partial charge in [-0.15, -0.1) is 0 Å². The number of carbonyl (C=O) groups is 1. The maximum Gasteiger partial charge on any atom is 0.416 e. The zero-order chi connectivity index (χ0) is 28.2. The first-order chi connectivity index (χ1) is 18.6. The van der Waals surface area contributed by atoms with Crippen molar-refractivity contribution in [2.45, 2.75) is 20.0 Å². The molecule has 1 fully saturated rings. The highest BCUT2D eigenvalue weighted by Gasteiger charge is 2.33. The zero-order valence-electron chi connectivity index (χ0n) is 21.8. The molecule has 1 aromatic heterocycles. The first-order valence-electron chi connectivity index (χ1n) is 12.8. The van der Waals surface area contributed by atoms with Crippen molar-refractivity contribution in [2.75, 3.05) is 52.4 Å². The van der Waals surface area contributed by atoms with Gasteiger partial charge in [0.1, 0.15) is 0 Å². The molecule has 1 saturated heterocycles. The number of aromatic nitrogens is 1. The van der Waals surface area contributed by atoms with Gasteiger partial charge in [-0.3, -0.25) is 19.8 Å². The SMILES string of the molecule is CCN(CC)CCN1CCN(C(=O)c2nc(-c3ccc(C(F)(F)F)cc3)oc2-c2ccccc2[N+](=O)[O-])CC1. The van der Waals surface area contributed by atoms with Crippen LogP contribution in [0.5, 0.6) is 0 Å². The number of carbonyl (C=O) groups excluding carboxylic acids is 1. The number of nitro benzene ring substituents is 1. The van der Waals surface area contributed by atoms with Gasteiger partial charge in [0.2, 0.25) is 5.89 Å². The van der Waals surface area contributed by atoms with Crippen molar-refractivity contribution < 1.29 is 27.3 Å². The minimum atomic E-state index is -4.51. The highest BCUT2D eigenvalue weighted by atomic mass is 19.4. The molecule has 1 amide bonds. The molecule has 1 aliphatic heterocycles. The van der Waals surface area contributed by atoms with E-state index in [2.05, 4.69) is 28.6 Å². The Kier molecular flexibility index (Phi) is 8.66. The lowest BCUT2D eigenvalue weighted by atomic mass is 10.1. The van der Waals surface area contributed by atoms with E-state index in [9.17, 15) is 28.1 Å². The number of halogens is 3. The molecule has 0 saturated carbocycles. The summed E-state index contributed by atoms with van der Waals surface area (Å²) in [6.45, 7) is 10.2. The van der Waals surface area contributed by atoms with Gasteiger partial charge in [0, 0.05) is 50.9 Å². The predicted octanol–water partition coefficient (Wildman–Crippen LogP) is 5.04. The van der Waals surface area contributed by atoms with Gasteiger partial charge in [-0.05, 0) is 43.4 Å². The number of nitro groups is 1. The summed E-state index contributed by atoms with van der Waals surface area (Å²) in [6.07, 6.45) is -4.51. The third kappa shape index (κ3) is 6.45. The molecule has 2 aromatic carbocycles. The fourth-order valence-electron chi connectivity index (χ4n) is 4.54. The van der Waals surface area contributed by atoms with E-state index >= 15 is 0 Å². The summed E-state index contributed by atoms with van der Waals surface area (Å²) in [6, 6.07) is 9.99. The lowest BCUT2D eigenvalue weighted by Gasteiger charge is -2.35. The molecule has 208 valence electrons. The number of hydrogen-bond acceptors (Lipinski definition) is 7. The molecule has 4 rings (SSSR count). The maximum absolute atomic E-state index is 13.6. The van der Waals surface area contributed by atoms with Crippen LogP contribution in [0.4, 0.5) is 18.9 Å². The van der Waals surface area contributed by atoms with Crippen LogP contribution in [-0.2, 0) is 6.18 Å². The molecule has 0 bridgehead atoms. The molecule has 0 aliphatic carbocycles. The summed E-state index contributed by atoms with van der Waals surface area (Å²) in [4.78, 5) is 35.3. The number of para-hydroxylation sites is 1. The van der Waals surface area contributed by atoms with Crippen molar-refractivity contribution in [1.82, 2.24) is 19.7 Å². The fourth-order valence-corrected chi connectivity index (χ4v) is 4.54. The Morgan fingerprint density at radius 2 is 1.69 bits per heavy atom. The first kappa shape index (κ1) is 28.2. The molecule has 12 heteroatoms. The second-order valence-corrected chi connectivity index (χ2v) is 9.21. The standard InChI is InChI=1S/C27H30F3N5O4/c1-3-32(4-2)13-14-33-15-17-34(18-16-33)26(36)23-24(21-7-5-6-8-22(21)35(37)38)39-25(31-23)19-9-11-20(12-10-19)27(28,29)30/h5-12H,3-4,13-18H2,1-2H3. The Morgan fingerprint density at radius 1 is 1.05 bits per heavy atom. The average Bonchev–Trinajstić information content (AvgIpc) is 3.38. The van der Waals surface area contributed by atoms with Gasteiger partial charge in [0.25, 0.3) is 11.6 Å². The normalized spacial score (nSPS) is 14.7. The van der Waals surface area contributed by atoms with E-state index in [-0.39, 0.29) is 34.2 Å². The van der Waals surface area contributed by atoms with E-state index < -0.39 is 22.6 Å². The summed E-state index contributed by atoms with van der Waals surface area (Å²) in [7, 11) is 0. The number of likely N-dealkylation sites (N-methyl/N-ethyl adjacent to an activating group) is 1. The smallest absolute Gasteiger partial charge is 0.416 e. The molecule has 0 radical (unpaired) electrons. The minimum absolute atomic E-state index is 0.0642. The van der Waals surface area contributed by atoms with Crippen LogP contribution in [0.3, 0.4) is 0 Å². The molecule has 39 heavy (non-hydrogen) atoms. The Labute approximate surface area is 224 Å². The lowest BCUT2D eigenvalue weighted by Crippen LogP contribution is -2.50. The van der Waals surface area contributed by atoms with Crippen LogP contribution < -0.4 is 0 Å². The largest absolute Gasteiger partial charge is 0.435 e. The maximum atomic E-state index is 13.6. The van der Waals surface area contributed by atoms with Gasteiger partial charge >= 0.3 is 6.18 Å². The van der Waals surface area contributed by atoms with Crippen LogP contribution in [0.15, 0.2) is 52.9 Å². The Morgan fingerprint density at radius 3 is 2.28 bits per heavy atom. The van der Waals surface area contributed by atoms with Crippen molar-refractivity contribution in [3.05, 3.63) is 69.9 Å². The molecular weight excluding hydrogens is 515 g/mol. The Balaban J connectivity index is 1.63. The van der Waals surface area contributed by atoms with Gasteiger partial charge in [-0.25, -0.2) is 4.98 Å². The van der Waals surface area contributed by atoms with Crippen molar-refractivity contribution in [3.63, 3.8) is 0 Å². The monoisotopic (exact) mass is 545 g/mol. The van der Waals surface area contributed by atoms with Gasteiger partial charge in [0.15, 0.2) is 11.5 Å². The second-order valence-electron chi connectivity index (χ2n) is 9.21. The molecule has 0 spiro atoms. The minimum Gasteiger partial charge on any atom is -0.435 e. The third-order valence-electron chi connectivity index (χ3n) is 6.92. The van der Waals surface area contributed by atoms with E-state index in [0.29, 0.717) is 26.2 Å². The fraction of sp³-hybridized carbons (Fsp3) is 0.407. The molecule has 3 aromatic rings. The molecule has 0 atom stereocenters. The molecule has 1 aliphatic rings. The second kappa shape index (κ2) is 12.0. The number of benzene rings is 2. The number of piperazine rings is 1. The first-order valence-corrected chi connectivity index (χ1v) is 12.8. The van der Waals surface area contributed by atoms with Crippen molar-refractivity contribution in [2.24, 2.45) is 0 Å². The number of rotatable bonds is 9. The van der Waals surface area contributed by atoms with E-state index in [1.807, 2.05) is 0 Å². The number of alkyl halides is 3. The Bertz CT molecular complexity index is 1300. The van der Waals surface area contributed by atoms with Crippen molar-refractivity contribution >= 4 is 11.6 Å². The van der Waals surface area contributed by atoms with Gasteiger partial charge in [-0.2, -0.15) is 13.2 Å². The summed E-state index contributed by atoms with van der Waals surface area (Å²) < 4.78 is 45.0. The summed E-state index contributed by atoms with van der Waals surface area (Å²) in [5, 5.41) is 11.7. The van der Waals surface area contributed by atoms with Crippen LogP contribution in [0.25, 0.3) is 22.8 Å². The quantitative estimate of drug-likeness (QED) is 0.275. The van der Waals surface area contributed by atoms with Crippen LogP contribution in [0.2, 0.25) is 0 Å². The number of oxazole rings is 1. The molecule has 2 heterocycles. The van der Waals surface area contributed by atoms with E-state index in [1.54, 1.807) is 11.0 Å². The Hall–Kier alpha value is -3.77.